The molecule has 0 heterocycles. The SMILES string of the molecule is N#Cc1cccc(COc2ccc(Br)cc2N)c1. The fraction of sp³-hybridized carbons (Fsp3) is 0.0714. The zero-order valence-corrected chi connectivity index (χ0v) is 11.1. The predicted octanol–water partition coefficient (Wildman–Crippen LogP) is 3.48. The maximum atomic E-state index is 8.81. The van der Waals surface area contributed by atoms with E-state index in [0.717, 1.165) is 10.0 Å². The van der Waals surface area contributed by atoms with Crippen LogP contribution in [0.25, 0.3) is 0 Å². The molecule has 2 N–H and O–H groups in total. The average Bonchev–Trinajstić information content (AvgIpc) is 2.38. The molecule has 4 heteroatoms. The maximum Gasteiger partial charge on any atom is 0.142 e. The second kappa shape index (κ2) is 5.56. The minimum Gasteiger partial charge on any atom is -0.487 e. The molecule has 0 fully saturated rings. The van der Waals surface area contributed by atoms with Crippen LogP contribution < -0.4 is 10.5 Å². The second-order valence-electron chi connectivity index (χ2n) is 3.78. The van der Waals surface area contributed by atoms with Gasteiger partial charge in [0.25, 0.3) is 0 Å². The topological polar surface area (TPSA) is 59.0 Å². The predicted molar refractivity (Wildman–Crippen MR) is 74.0 cm³/mol. The molecular formula is C14H11BrN2O. The van der Waals surface area contributed by atoms with Gasteiger partial charge in [-0.25, -0.2) is 0 Å². The van der Waals surface area contributed by atoms with Crippen LogP contribution in [0.3, 0.4) is 0 Å². The molecule has 2 rings (SSSR count). The van der Waals surface area contributed by atoms with E-state index in [0.29, 0.717) is 23.6 Å². The maximum absolute atomic E-state index is 8.81. The number of hydrogen-bond donors (Lipinski definition) is 1. The van der Waals surface area contributed by atoms with Crippen LogP contribution in [0.2, 0.25) is 0 Å². The lowest BCUT2D eigenvalue weighted by Gasteiger charge is -2.09. The molecule has 0 saturated heterocycles. The Kier molecular flexibility index (Phi) is 3.85. The third-order valence-electron chi connectivity index (χ3n) is 2.42. The van der Waals surface area contributed by atoms with E-state index >= 15 is 0 Å². The summed E-state index contributed by atoms with van der Waals surface area (Å²) >= 11 is 3.34. The molecule has 0 aliphatic rings. The van der Waals surface area contributed by atoms with E-state index in [2.05, 4.69) is 22.0 Å². The Balaban J connectivity index is 2.09. The monoisotopic (exact) mass is 302 g/mol. The molecule has 90 valence electrons. The van der Waals surface area contributed by atoms with E-state index in [1.165, 1.54) is 0 Å². The van der Waals surface area contributed by atoms with Crippen LogP contribution in [-0.2, 0) is 6.61 Å². The normalized spacial score (nSPS) is 9.78. The average molecular weight is 303 g/mol. The molecule has 0 bridgehead atoms. The number of hydrogen-bond acceptors (Lipinski definition) is 3. The zero-order chi connectivity index (χ0) is 13.0. The number of anilines is 1. The van der Waals surface area contributed by atoms with Gasteiger partial charge in [0.15, 0.2) is 0 Å². The van der Waals surface area contributed by atoms with E-state index in [1.54, 1.807) is 18.2 Å². The van der Waals surface area contributed by atoms with Crippen LogP contribution in [0, 0.1) is 11.3 Å². The van der Waals surface area contributed by atoms with Gasteiger partial charge in [0, 0.05) is 4.47 Å². The molecule has 0 radical (unpaired) electrons. The van der Waals surface area contributed by atoms with E-state index in [4.69, 9.17) is 15.7 Å². The van der Waals surface area contributed by atoms with E-state index in [1.807, 2.05) is 24.3 Å². The fourth-order valence-corrected chi connectivity index (χ4v) is 1.92. The molecule has 0 unspecified atom stereocenters. The molecular weight excluding hydrogens is 292 g/mol. The highest BCUT2D eigenvalue weighted by Crippen LogP contribution is 2.26. The van der Waals surface area contributed by atoms with Gasteiger partial charge in [-0.05, 0) is 35.9 Å². The molecule has 2 aromatic carbocycles. The first-order valence-electron chi connectivity index (χ1n) is 5.36. The van der Waals surface area contributed by atoms with Gasteiger partial charge in [-0.3, -0.25) is 0 Å². The third kappa shape index (κ3) is 3.02. The van der Waals surface area contributed by atoms with Gasteiger partial charge in [0.05, 0.1) is 17.3 Å². The highest BCUT2D eigenvalue weighted by molar-refractivity contribution is 9.10. The Morgan fingerprint density at radius 2 is 2.06 bits per heavy atom. The van der Waals surface area contributed by atoms with Gasteiger partial charge in [-0.15, -0.1) is 0 Å². The summed E-state index contributed by atoms with van der Waals surface area (Å²) in [5.41, 5.74) is 7.98. The molecule has 0 atom stereocenters. The Hall–Kier alpha value is -1.99. The smallest absolute Gasteiger partial charge is 0.142 e. The lowest BCUT2D eigenvalue weighted by molar-refractivity contribution is 0.308. The van der Waals surface area contributed by atoms with Gasteiger partial charge in [0.1, 0.15) is 12.4 Å². The number of benzene rings is 2. The molecule has 2 aromatic rings. The molecule has 0 saturated carbocycles. The van der Waals surface area contributed by atoms with Crippen LogP contribution in [0.1, 0.15) is 11.1 Å². The van der Waals surface area contributed by atoms with Crippen molar-refractivity contribution in [3.05, 3.63) is 58.1 Å². The van der Waals surface area contributed by atoms with Crippen LogP contribution in [0.4, 0.5) is 5.69 Å². The quantitative estimate of drug-likeness (QED) is 0.883. The van der Waals surface area contributed by atoms with Crippen LogP contribution in [-0.4, -0.2) is 0 Å². The number of nitriles is 1. The van der Waals surface area contributed by atoms with Crippen molar-refractivity contribution in [1.82, 2.24) is 0 Å². The van der Waals surface area contributed by atoms with Crippen molar-refractivity contribution in [1.29, 1.82) is 5.26 Å². The van der Waals surface area contributed by atoms with Crippen molar-refractivity contribution >= 4 is 21.6 Å². The lowest BCUT2D eigenvalue weighted by Crippen LogP contribution is -1.99. The summed E-state index contributed by atoms with van der Waals surface area (Å²) in [7, 11) is 0. The first kappa shape index (κ1) is 12.5. The molecule has 0 aliphatic carbocycles. The van der Waals surface area contributed by atoms with Gasteiger partial charge in [0.2, 0.25) is 0 Å². The van der Waals surface area contributed by atoms with Crippen molar-refractivity contribution in [2.24, 2.45) is 0 Å². The van der Waals surface area contributed by atoms with Gasteiger partial charge < -0.3 is 10.5 Å². The lowest BCUT2D eigenvalue weighted by atomic mass is 10.1. The molecule has 0 amide bonds. The minimum absolute atomic E-state index is 0.390. The minimum atomic E-state index is 0.390. The summed E-state index contributed by atoms with van der Waals surface area (Å²) in [5, 5.41) is 8.81. The van der Waals surface area contributed by atoms with Gasteiger partial charge >= 0.3 is 0 Å². The Morgan fingerprint density at radius 3 is 2.78 bits per heavy atom. The standard InChI is InChI=1S/C14H11BrN2O/c15-12-4-5-14(13(17)7-12)18-9-11-3-1-2-10(6-11)8-16/h1-7H,9,17H2. The van der Waals surface area contributed by atoms with Crippen LogP contribution in [0.5, 0.6) is 5.75 Å². The molecule has 0 aliphatic heterocycles. The van der Waals surface area contributed by atoms with Crippen LogP contribution >= 0.6 is 15.9 Å². The molecule has 0 aromatic heterocycles. The molecule has 18 heavy (non-hydrogen) atoms. The second-order valence-corrected chi connectivity index (χ2v) is 4.70. The van der Waals surface area contributed by atoms with E-state index < -0.39 is 0 Å². The summed E-state index contributed by atoms with van der Waals surface area (Å²) in [4.78, 5) is 0. The van der Waals surface area contributed by atoms with E-state index in [9.17, 15) is 0 Å². The number of nitrogens with zero attached hydrogens (tertiary/aromatic N) is 1. The van der Waals surface area contributed by atoms with Crippen molar-refractivity contribution < 1.29 is 4.74 Å². The van der Waals surface area contributed by atoms with E-state index in [-0.39, 0.29) is 0 Å². The summed E-state index contributed by atoms with van der Waals surface area (Å²) in [6, 6.07) is 14.9. The number of halogens is 1. The third-order valence-corrected chi connectivity index (χ3v) is 2.92. The van der Waals surface area contributed by atoms with Gasteiger partial charge in [-0.1, -0.05) is 28.1 Å². The largest absolute Gasteiger partial charge is 0.487 e. The Morgan fingerprint density at radius 1 is 1.22 bits per heavy atom. The summed E-state index contributed by atoms with van der Waals surface area (Å²) < 4.78 is 6.54. The summed E-state index contributed by atoms with van der Waals surface area (Å²) in [5.74, 6) is 0.639. The van der Waals surface area contributed by atoms with Crippen LogP contribution in [0.15, 0.2) is 46.9 Å². The number of rotatable bonds is 3. The Bertz CT molecular complexity index is 605. The van der Waals surface area contributed by atoms with Crippen molar-refractivity contribution in [3.8, 4) is 11.8 Å². The number of ether oxygens (including phenoxy) is 1. The first-order chi connectivity index (χ1) is 8.69. The summed E-state index contributed by atoms with van der Waals surface area (Å²) in [6.45, 7) is 0.390. The highest BCUT2D eigenvalue weighted by Gasteiger charge is 2.02. The number of nitrogen functional groups attached to an aromatic ring is 1. The first-order valence-corrected chi connectivity index (χ1v) is 6.15. The fourth-order valence-electron chi connectivity index (χ4n) is 1.54. The van der Waals surface area contributed by atoms with Crippen molar-refractivity contribution in [2.75, 3.05) is 5.73 Å². The van der Waals surface area contributed by atoms with Crippen molar-refractivity contribution in [2.45, 2.75) is 6.61 Å². The summed E-state index contributed by atoms with van der Waals surface area (Å²) in [6.07, 6.45) is 0. The number of nitrogens with two attached hydrogens (primary N) is 1. The zero-order valence-electron chi connectivity index (χ0n) is 9.56. The molecule has 0 spiro atoms. The highest BCUT2D eigenvalue weighted by atomic mass is 79.9. The molecule has 3 nitrogen and oxygen atoms in total. The Labute approximate surface area is 114 Å². The van der Waals surface area contributed by atoms with Gasteiger partial charge in [-0.2, -0.15) is 5.26 Å². The van der Waals surface area contributed by atoms with Crippen molar-refractivity contribution in [3.63, 3.8) is 0 Å².